The van der Waals surface area contributed by atoms with Gasteiger partial charge in [-0.15, -0.1) is 0 Å². The van der Waals surface area contributed by atoms with Crippen LogP contribution in [0.15, 0.2) is 0 Å². The summed E-state index contributed by atoms with van der Waals surface area (Å²) < 4.78 is 5.56. The van der Waals surface area contributed by atoms with E-state index >= 15 is 0 Å². The number of nitrogens with zero attached hydrogens (tertiary/aromatic N) is 3. The van der Waals surface area contributed by atoms with E-state index in [1.165, 1.54) is 14.7 Å². The van der Waals surface area contributed by atoms with E-state index in [9.17, 15) is 24.0 Å². The number of cyclic esters (lactones) is 1. The van der Waals surface area contributed by atoms with Crippen LogP contribution in [0.4, 0.5) is 0 Å². The SMILES string of the molecule is CC[C@H]1C(=O)N[C@@H](C)C(=O)N2C[C@H](C)CC2C(=O)O[C@@H](C)CC(=O)N2CCCC2C(=O)N1C. The number of ether oxygens (including phenoxy) is 1. The smallest absolute Gasteiger partial charge is 0.329 e. The molecule has 0 aromatic rings. The van der Waals surface area contributed by atoms with E-state index in [1.54, 1.807) is 27.8 Å². The number of nitrogens with one attached hydrogen (secondary N) is 1. The molecule has 3 aliphatic rings. The minimum Gasteiger partial charge on any atom is -0.461 e. The van der Waals surface area contributed by atoms with Crippen LogP contribution in [0.2, 0.25) is 0 Å². The van der Waals surface area contributed by atoms with Gasteiger partial charge in [0.15, 0.2) is 0 Å². The van der Waals surface area contributed by atoms with Gasteiger partial charge in [-0.3, -0.25) is 19.2 Å². The second kappa shape index (κ2) is 10.1. The molecule has 3 rings (SSSR count). The number of rotatable bonds is 1. The normalized spacial score (nSPS) is 34.8. The Labute approximate surface area is 195 Å². The Morgan fingerprint density at radius 1 is 1.00 bits per heavy atom. The molecule has 3 heterocycles. The highest BCUT2D eigenvalue weighted by molar-refractivity contribution is 5.95. The molecule has 3 aliphatic heterocycles. The lowest BCUT2D eigenvalue weighted by Gasteiger charge is -2.34. The van der Waals surface area contributed by atoms with Gasteiger partial charge in [-0.25, -0.2) is 4.79 Å². The molecular formula is C23H36N4O6. The molecule has 0 saturated carbocycles. The van der Waals surface area contributed by atoms with Gasteiger partial charge in [0, 0.05) is 20.1 Å². The van der Waals surface area contributed by atoms with Gasteiger partial charge in [0.05, 0.1) is 6.42 Å². The third-order valence-electron chi connectivity index (χ3n) is 6.94. The number of amides is 4. The number of carbonyl (C=O) groups is 5. The summed E-state index contributed by atoms with van der Waals surface area (Å²) in [4.78, 5) is 69.7. The molecule has 1 N–H and O–H groups in total. The van der Waals surface area contributed by atoms with Crippen molar-refractivity contribution in [1.29, 1.82) is 0 Å². The van der Waals surface area contributed by atoms with Crippen LogP contribution in [0.25, 0.3) is 0 Å². The molecule has 184 valence electrons. The van der Waals surface area contributed by atoms with Crippen molar-refractivity contribution >= 4 is 29.6 Å². The van der Waals surface area contributed by atoms with Gasteiger partial charge in [-0.05, 0) is 45.4 Å². The number of esters is 1. The van der Waals surface area contributed by atoms with E-state index in [-0.39, 0.29) is 30.1 Å². The maximum Gasteiger partial charge on any atom is 0.329 e. The molecular weight excluding hydrogens is 428 g/mol. The monoisotopic (exact) mass is 464 g/mol. The van der Waals surface area contributed by atoms with E-state index in [1.807, 2.05) is 6.92 Å². The largest absolute Gasteiger partial charge is 0.461 e. The standard InChI is InChI=1S/C23H36N4O6/c1-6-16-20(29)24-15(4)21(30)27-12-13(2)10-18(27)23(32)33-14(3)11-19(28)26-9-7-8-17(26)22(31)25(16)5/h13-18H,6-12H2,1-5H3,(H,24,29)/t13-,14+,15+,16+,17?,18?/m1/s1. The summed E-state index contributed by atoms with van der Waals surface area (Å²) in [6, 6.07) is -3.02. The van der Waals surface area contributed by atoms with Gasteiger partial charge < -0.3 is 24.8 Å². The van der Waals surface area contributed by atoms with Crippen LogP contribution >= 0.6 is 0 Å². The first-order valence-corrected chi connectivity index (χ1v) is 11.9. The second-order valence-corrected chi connectivity index (χ2v) is 9.65. The Bertz CT molecular complexity index is 817. The van der Waals surface area contributed by atoms with Crippen LogP contribution in [-0.4, -0.2) is 94.7 Å². The van der Waals surface area contributed by atoms with E-state index in [4.69, 9.17) is 4.74 Å². The summed E-state index contributed by atoms with van der Waals surface area (Å²) in [6.07, 6.45) is 1.32. The summed E-state index contributed by atoms with van der Waals surface area (Å²) in [5.41, 5.74) is 0. The maximum absolute atomic E-state index is 13.2. The van der Waals surface area contributed by atoms with E-state index in [0.717, 1.165) is 0 Å². The maximum atomic E-state index is 13.2. The van der Waals surface area contributed by atoms with Gasteiger partial charge in [-0.2, -0.15) is 0 Å². The molecule has 4 amide bonds. The quantitative estimate of drug-likeness (QED) is 0.558. The number of likely N-dealkylation sites (N-methyl/N-ethyl adjacent to an activating group) is 1. The van der Waals surface area contributed by atoms with Crippen LogP contribution in [0.3, 0.4) is 0 Å². The highest BCUT2D eigenvalue weighted by Gasteiger charge is 2.43. The van der Waals surface area contributed by atoms with Gasteiger partial charge >= 0.3 is 5.97 Å². The average Bonchev–Trinajstić information content (AvgIpc) is 3.39. The first-order valence-electron chi connectivity index (χ1n) is 11.9. The minimum absolute atomic E-state index is 0.0381. The molecule has 10 nitrogen and oxygen atoms in total. The lowest BCUT2D eigenvalue weighted by Crippen LogP contribution is -2.57. The van der Waals surface area contributed by atoms with Crippen LogP contribution in [0.1, 0.15) is 59.8 Å². The van der Waals surface area contributed by atoms with Crippen molar-refractivity contribution in [2.75, 3.05) is 20.1 Å². The average molecular weight is 465 g/mol. The van der Waals surface area contributed by atoms with Crippen LogP contribution in [0.5, 0.6) is 0 Å². The number of hydrogen-bond acceptors (Lipinski definition) is 6. The highest BCUT2D eigenvalue weighted by atomic mass is 16.5. The number of hydrogen-bond donors (Lipinski definition) is 1. The summed E-state index contributed by atoms with van der Waals surface area (Å²) in [5, 5.41) is 2.73. The summed E-state index contributed by atoms with van der Waals surface area (Å²) in [6.45, 7) is 7.82. The van der Waals surface area contributed by atoms with Gasteiger partial charge in [-0.1, -0.05) is 13.8 Å². The zero-order valence-electron chi connectivity index (χ0n) is 20.2. The molecule has 0 spiro atoms. The Morgan fingerprint density at radius 2 is 1.70 bits per heavy atom. The lowest BCUT2D eigenvalue weighted by atomic mass is 10.1. The van der Waals surface area contributed by atoms with Crippen molar-refractivity contribution in [2.45, 2.75) is 90.1 Å². The van der Waals surface area contributed by atoms with Crippen molar-refractivity contribution in [1.82, 2.24) is 20.0 Å². The van der Waals surface area contributed by atoms with Crippen LogP contribution < -0.4 is 5.32 Å². The molecule has 0 aromatic carbocycles. The molecule has 10 heteroatoms. The zero-order chi connectivity index (χ0) is 24.4. The molecule has 0 aliphatic carbocycles. The predicted molar refractivity (Wildman–Crippen MR) is 119 cm³/mol. The number of carbonyl (C=O) groups excluding carboxylic acids is 5. The molecule has 33 heavy (non-hydrogen) atoms. The van der Waals surface area contributed by atoms with E-state index < -0.39 is 42.1 Å². The fraction of sp³-hybridized carbons (Fsp3) is 0.783. The zero-order valence-corrected chi connectivity index (χ0v) is 20.2. The summed E-state index contributed by atoms with van der Waals surface area (Å²) in [5.74, 6) is -1.80. The first-order chi connectivity index (χ1) is 15.5. The summed E-state index contributed by atoms with van der Waals surface area (Å²) in [7, 11) is 1.56. The van der Waals surface area contributed by atoms with Crippen LogP contribution in [-0.2, 0) is 28.7 Å². The third-order valence-corrected chi connectivity index (χ3v) is 6.94. The molecule has 3 saturated heterocycles. The topological polar surface area (TPSA) is 116 Å². The molecule has 0 aromatic heterocycles. The summed E-state index contributed by atoms with van der Waals surface area (Å²) >= 11 is 0. The van der Waals surface area contributed by atoms with Crippen LogP contribution in [0, 0.1) is 5.92 Å². The minimum atomic E-state index is -0.856. The Hall–Kier alpha value is -2.65. The fourth-order valence-corrected chi connectivity index (χ4v) is 5.16. The predicted octanol–water partition coefficient (Wildman–Crippen LogP) is 0.292. The second-order valence-electron chi connectivity index (χ2n) is 9.65. The third kappa shape index (κ3) is 5.14. The van der Waals surface area contributed by atoms with Crippen molar-refractivity contribution < 1.29 is 28.7 Å². The lowest BCUT2D eigenvalue weighted by molar-refractivity contribution is -0.160. The van der Waals surface area contributed by atoms with E-state index in [0.29, 0.717) is 38.8 Å². The number of fused-ring (bicyclic) bond motifs is 2. The van der Waals surface area contributed by atoms with Crippen molar-refractivity contribution in [2.24, 2.45) is 5.92 Å². The molecule has 6 atom stereocenters. The Kier molecular flexibility index (Phi) is 7.64. The van der Waals surface area contributed by atoms with Gasteiger partial charge in [0.2, 0.25) is 23.6 Å². The Morgan fingerprint density at radius 3 is 2.36 bits per heavy atom. The van der Waals surface area contributed by atoms with E-state index in [2.05, 4.69) is 5.32 Å². The van der Waals surface area contributed by atoms with Gasteiger partial charge in [0.1, 0.15) is 30.3 Å². The molecule has 3 fully saturated rings. The highest BCUT2D eigenvalue weighted by Crippen LogP contribution is 2.26. The Balaban J connectivity index is 1.92. The molecule has 2 unspecified atom stereocenters. The van der Waals surface area contributed by atoms with Gasteiger partial charge in [0.25, 0.3) is 0 Å². The van der Waals surface area contributed by atoms with Crippen molar-refractivity contribution in [3.63, 3.8) is 0 Å². The van der Waals surface area contributed by atoms with Crippen molar-refractivity contribution in [3.05, 3.63) is 0 Å². The molecule has 0 radical (unpaired) electrons. The fourth-order valence-electron chi connectivity index (χ4n) is 5.16. The van der Waals surface area contributed by atoms with Crippen molar-refractivity contribution in [3.8, 4) is 0 Å². The first kappa shape index (κ1) is 25.0. The molecule has 0 bridgehead atoms.